The Morgan fingerprint density at radius 2 is 2.18 bits per heavy atom. The van der Waals surface area contributed by atoms with E-state index in [4.69, 9.17) is 4.74 Å². The van der Waals surface area contributed by atoms with Gasteiger partial charge in [0, 0.05) is 25.5 Å². The third-order valence-electron chi connectivity index (χ3n) is 2.88. The van der Waals surface area contributed by atoms with Crippen LogP contribution in [-0.2, 0) is 11.3 Å². The van der Waals surface area contributed by atoms with Crippen molar-refractivity contribution in [3.05, 3.63) is 18.2 Å². The number of hydrogen-bond acceptors (Lipinski definition) is 3. The molecule has 2 unspecified atom stereocenters. The third-order valence-corrected chi connectivity index (χ3v) is 2.88. The maximum Gasteiger partial charge on any atom is 0.128 e. The normalized spacial score (nSPS) is 14.8. The molecule has 0 aromatic carbocycles. The van der Waals surface area contributed by atoms with E-state index in [1.807, 2.05) is 19.3 Å². The lowest BCUT2D eigenvalue weighted by atomic mass is 10.1. The molecule has 1 aromatic heterocycles. The van der Waals surface area contributed by atoms with Gasteiger partial charge < -0.3 is 14.6 Å². The van der Waals surface area contributed by atoms with Crippen molar-refractivity contribution in [2.75, 3.05) is 13.2 Å². The zero-order valence-corrected chi connectivity index (χ0v) is 11.4. The third kappa shape index (κ3) is 3.82. The van der Waals surface area contributed by atoms with Gasteiger partial charge in [0.1, 0.15) is 5.82 Å². The molecule has 0 spiro atoms. The predicted octanol–water partition coefficient (Wildman–Crippen LogP) is 2.37. The van der Waals surface area contributed by atoms with Crippen LogP contribution in [0.25, 0.3) is 0 Å². The lowest BCUT2D eigenvalue weighted by Crippen LogP contribution is -2.34. The van der Waals surface area contributed by atoms with Gasteiger partial charge in [-0.25, -0.2) is 4.98 Å². The Bertz CT molecular complexity index is 311. The van der Waals surface area contributed by atoms with E-state index in [2.05, 4.69) is 35.6 Å². The number of imidazole rings is 1. The van der Waals surface area contributed by atoms with Gasteiger partial charge in [0.25, 0.3) is 0 Å². The highest BCUT2D eigenvalue weighted by atomic mass is 16.5. The molecule has 0 aliphatic carbocycles. The summed E-state index contributed by atoms with van der Waals surface area (Å²) in [4.78, 5) is 4.46. The molecule has 2 atom stereocenters. The van der Waals surface area contributed by atoms with Crippen LogP contribution in [0.4, 0.5) is 0 Å². The largest absolute Gasteiger partial charge is 0.377 e. The van der Waals surface area contributed by atoms with Crippen molar-refractivity contribution < 1.29 is 4.74 Å². The monoisotopic (exact) mass is 239 g/mol. The van der Waals surface area contributed by atoms with Gasteiger partial charge in [-0.05, 0) is 33.7 Å². The number of nitrogens with zero attached hydrogens (tertiary/aromatic N) is 2. The van der Waals surface area contributed by atoms with Crippen molar-refractivity contribution in [2.24, 2.45) is 0 Å². The molecule has 1 N–H and O–H groups in total. The summed E-state index contributed by atoms with van der Waals surface area (Å²) < 4.78 is 7.88. The summed E-state index contributed by atoms with van der Waals surface area (Å²) in [5.41, 5.74) is 0. The van der Waals surface area contributed by atoms with Crippen molar-refractivity contribution in [1.82, 2.24) is 14.9 Å². The highest BCUT2D eigenvalue weighted by molar-refractivity contribution is 5.01. The summed E-state index contributed by atoms with van der Waals surface area (Å²) in [5, 5.41) is 3.52. The van der Waals surface area contributed by atoms with Gasteiger partial charge in [-0.2, -0.15) is 0 Å². The maximum atomic E-state index is 5.71. The SMILES string of the molecule is CCCNC(c1nccn1CC)C(C)OCC. The summed E-state index contributed by atoms with van der Waals surface area (Å²) >= 11 is 0. The quantitative estimate of drug-likeness (QED) is 0.757. The molecule has 0 bridgehead atoms. The summed E-state index contributed by atoms with van der Waals surface area (Å²) in [6.45, 7) is 11.1. The second-order valence-corrected chi connectivity index (χ2v) is 4.16. The number of aromatic nitrogens is 2. The molecule has 1 aromatic rings. The first kappa shape index (κ1) is 14.2. The molecule has 0 fully saturated rings. The van der Waals surface area contributed by atoms with Crippen LogP contribution in [0.2, 0.25) is 0 Å². The lowest BCUT2D eigenvalue weighted by Gasteiger charge is -2.25. The molecule has 4 nitrogen and oxygen atoms in total. The molecule has 1 heterocycles. The molecule has 17 heavy (non-hydrogen) atoms. The van der Waals surface area contributed by atoms with Crippen LogP contribution in [0.3, 0.4) is 0 Å². The van der Waals surface area contributed by atoms with Crippen molar-refractivity contribution in [1.29, 1.82) is 0 Å². The molecular weight excluding hydrogens is 214 g/mol. The number of rotatable bonds is 8. The van der Waals surface area contributed by atoms with Crippen LogP contribution in [0.5, 0.6) is 0 Å². The second kappa shape index (κ2) is 7.45. The maximum absolute atomic E-state index is 5.71. The highest BCUT2D eigenvalue weighted by Crippen LogP contribution is 2.18. The summed E-state index contributed by atoms with van der Waals surface area (Å²) in [7, 11) is 0. The van der Waals surface area contributed by atoms with E-state index in [-0.39, 0.29) is 12.1 Å². The topological polar surface area (TPSA) is 39.1 Å². The van der Waals surface area contributed by atoms with Crippen LogP contribution in [0.15, 0.2) is 12.4 Å². The molecule has 0 saturated carbocycles. The number of aryl methyl sites for hydroxylation is 1. The fourth-order valence-corrected chi connectivity index (χ4v) is 1.99. The predicted molar refractivity (Wildman–Crippen MR) is 70.0 cm³/mol. The Hall–Kier alpha value is -0.870. The lowest BCUT2D eigenvalue weighted by molar-refractivity contribution is 0.0440. The molecule has 0 aliphatic rings. The minimum atomic E-state index is 0.138. The molecule has 98 valence electrons. The Labute approximate surface area is 104 Å². The Morgan fingerprint density at radius 3 is 2.76 bits per heavy atom. The van der Waals surface area contributed by atoms with E-state index >= 15 is 0 Å². The van der Waals surface area contributed by atoms with Crippen LogP contribution >= 0.6 is 0 Å². The molecular formula is C13H25N3O. The molecule has 0 saturated heterocycles. The van der Waals surface area contributed by atoms with Crippen LogP contribution in [0, 0.1) is 0 Å². The van der Waals surface area contributed by atoms with Gasteiger partial charge in [0.05, 0.1) is 12.1 Å². The number of hydrogen-bond donors (Lipinski definition) is 1. The summed E-state index contributed by atoms with van der Waals surface area (Å²) in [5.74, 6) is 1.07. The minimum Gasteiger partial charge on any atom is -0.377 e. The van der Waals surface area contributed by atoms with Crippen molar-refractivity contribution in [3.63, 3.8) is 0 Å². The molecule has 0 amide bonds. The molecule has 1 rings (SSSR count). The fourth-order valence-electron chi connectivity index (χ4n) is 1.99. The van der Waals surface area contributed by atoms with E-state index in [0.717, 1.165) is 31.9 Å². The zero-order chi connectivity index (χ0) is 12.7. The number of nitrogens with one attached hydrogen (secondary N) is 1. The van der Waals surface area contributed by atoms with Gasteiger partial charge in [-0.3, -0.25) is 0 Å². The van der Waals surface area contributed by atoms with Gasteiger partial charge in [-0.1, -0.05) is 6.92 Å². The van der Waals surface area contributed by atoms with E-state index in [1.54, 1.807) is 0 Å². The Balaban J connectivity index is 2.81. The average molecular weight is 239 g/mol. The second-order valence-electron chi connectivity index (χ2n) is 4.16. The summed E-state index contributed by atoms with van der Waals surface area (Å²) in [6, 6.07) is 0.171. The van der Waals surface area contributed by atoms with Crippen LogP contribution < -0.4 is 5.32 Å². The summed E-state index contributed by atoms with van der Waals surface area (Å²) in [6.07, 6.45) is 5.13. The first-order chi connectivity index (χ1) is 8.24. The minimum absolute atomic E-state index is 0.138. The average Bonchev–Trinajstić information content (AvgIpc) is 2.78. The van der Waals surface area contributed by atoms with Gasteiger partial charge in [0.15, 0.2) is 0 Å². The van der Waals surface area contributed by atoms with Crippen molar-refractivity contribution >= 4 is 0 Å². The standard InChI is InChI=1S/C13H25N3O/c1-5-8-14-12(11(4)17-7-3)13-15-9-10-16(13)6-2/h9-12,14H,5-8H2,1-4H3. The van der Waals surface area contributed by atoms with E-state index in [9.17, 15) is 0 Å². The van der Waals surface area contributed by atoms with E-state index in [0.29, 0.717) is 0 Å². The first-order valence-corrected chi connectivity index (χ1v) is 6.60. The molecule has 0 radical (unpaired) electrons. The smallest absolute Gasteiger partial charge is 0.128 e. The highest BCUT2D eigenvalue weighted by Gasteiger charge is 2.22. The zero-order valence-electron chi connectivity index (χ0n) is 11.4. The van der Waals surface area contributed by atoms with Crippen LogP contribution in [0.1, 0.15) is 46.0 Å². The van der Waals surface area contributed by atoms with Crippen molar-refractivity contribution in [3.8, 4) is 0 Å². The van der Waals surface area contributed by atoms with Gasteiger partial charge >= 0.3 is 0 Å². The Morgan fingerprint density at radius 1 is 1.41 bits per heavy atom. The van der Waals surface area contributed by atoms with Crippen molar-refractivity contribution in [2.45, 2.75) is 52.8 Å². The van der Waals surface area contributed by atoms with Gasteiger partial charge in [-0.15, -0.1) is 0 Å². The fraction of sp³-hybridized carbons (Fsp3) is 0.769. The number of ether oxygens (including phenoxy) is 1. The van der Waals surface area contributed by atoms with E-state index < -0.39 is 0 Å². The Kier molecular flexibility index (Phi) is 6.22. The molecule has 0 aliphatic heterocycles. The first-order valence-electron chi connectivity index (χ1n) is 6.60. The molecule has 4 heteroatoms. The van der Waals surface area contributed by atoms with Crippen LogP contribution in [-0.4, -0.2) is 28.8 Å². The van der Waals surface area contributed by atoms with E-state index in [1.165, 1.54) is 0 Å². The van der Waals surface area contributed by atoms with Gasteiger partial charge in [0.2, 0.25) is 0 Å².